The van der Waals surface area contributed by atoms with Crippen molar-refractivity contribution in [2.24, 2.45) is 34.0 Å². The van der Waals surface area contributed by atoms with Gasteiger partial charge in [0.05, 0.1) is 38.5 Å². The second kappa shape index (κ2) is 35.8. The number of aliphatic hydroxyl groups excluding tert-OH is 1. The minimum absolute atomic E-state index is 0.00355. The van der Waals surface area contributed by atoms with E-state index in [1.54, 1.807) is 58.0 Å². The Kier molecular flexibility index (Phi) is 27.4. The van der Waals surface area contributed by atoms with Crippen LogP contribution in [0.3, 0.4) is 0 Å². The van der Waals surface area contributed by atoms with Crippen molar-refractivity contribution in [1.82, 2.24) is 68.0 Å². The highest BCUT2D eigenvalue weighted by molar-refractivity contribution is 5.99. The van der Waals surface area contributed by atoms with Gasteiger partial charge in [-0.05, 0) is 62.8 Å². The van der Waals surface area contributed by atoms with E-state index < -0.39 is 164 Å². The Morgan fingerprint density at radius 1 is 0.686 bits per heavy atom. The van der Waals surface area contributed by atoms with Crippen molar-refractivity contribution in [3.63, 3.8) is 0 Å². The summed E-state index contributed by atoms with van der Waals surface area (Å²) in [6.07, 6.45) is 0.463. The van der Waals surface area contributed by atoms with Crippen LogP contribution in [0.2, 0.25) is 0 Å². The number of primary amides is 1. The maximum atomic E-state index is 14.2. The fraction of sp³-hybridized carbons (Fsp3) is 0.574. The molecule has 19 N–H and O–H groups in total. The first-order valence-corrected chi connectivity index (χ1v) is 27.8. The van der Waals surface area contributed by atoms with Gasteiger partial charge in [-0.3, -0.25) is 62.5 Å². The molecule has 1 fully saturated rings. The number of aromatic nitrogens is 2. The molecule has 1 aliphatic rings. The molecule has 32 nitrogen and oxygen atoms in total. The molecule has 0 bridgehead atoms. The van der Waals surface area contributed by atoms with Crippen LogP contribution >= 0.6 is 0 Å². The number of nitrogens with one attached hydrogen (secondary N) is 11. The van der Waals surface area contributed by atoms with Crippen molar-refractivity contribution in [2.75, 3.05) is 32.7 Å². The Bertz CT molecular complexity index is 2820. The Hall–Kier alpha value is -9.23. The molecule has 0 aliphatic carbocycles. The maximum absolute atomic E-state index is 14.2. The SMILES string of the molecule is [2H]C([2H])([2H])C(=O)N[C@H](C(=O)NCC(=O)N1CCC[C@H]1C(=O)N[C@@H](CC(N)=O)C(=O)N[C@@H](CC(C)C)C(=O)N[C@@H](Cc1cnc[nH]1)C(=O)NCC(=O)N[C@@H](CC(C)C)C(=O)N[C@@H](Cc1ccccc1)C(=O)NCC(=O)N[C@@H](CCCN=C(N)N)C(=O)O)[C@@H](C)O. The number of aliphatic carboxylic acids is 1. The number of rotatable bonds is 36. The number of benzene rings is 1. The lowest BCUT2D eigenvalue weighted by Crippen LogP contribution is -2.59. The van der Waals surface area contributed by atoms with Crippen LogP contribution in [-0.4, -0.2) is 195 Å². The number of carbonyl (C=O) groups excluding carboxylic acids is 12. The van der Waals surface area contributed by atoms with Crippen molar-refractivity contribution in [3.05, 3.63) is 54.1 Å². The third kappa shape index (κ3) is 25.7. The van der Waals surface area contributed by atoms with Crippen LogP contribution in [0.4, 0.5) is 0 Å². The summed E-state index contributed by atoms with van der Waals surface area (Å²) in [5.41, 5.74) is 17.1. The highest BCUT2D eigenvalue weighted by atomic mass is 16.4. The van der Waals surface area contributed by atoms with E-state index in [4.69, 9.17) is 21.3 Å². The number of aromatic amines is 1. The van der Waals surface area contributed by atoms with Gasteiger partial charge < -0.3 is 90.5 Å². The van der Waals surface area contributed by atoms with Gasteiger partial charge in [0.1, 0.15) is 48.3 Å². The standard InChI is InChI=1S/C54H83N17O15/c1-28(2)18-35(48(80)68-37(20-32-12-8-7-9-13-32)46(78)60-24-42(75)65-34(53(85)86)14-10-16-59-54(56)57)66-43(76)25-61-47(79)38(21-33-23-58-27-63-33)69-49(81)36(19-29(3)4)67-50(82)39(22-41(55)74)70-51(83)40-15-11-17-71(40)44(77)26-62-52(84)45(30(5)72)64-31(6)73/h7-9,12-13,23,27-30,34-40,45,72H,10-11,14-22,24-26H2,1-6H3,(H2,55,74)(H,58,63)(H,60,78)(H,61,79)(H,62,84)(H,64,73)(H,65,75)(H,66,76)(H,67,82)(H,68,80)(H,69,81)(H,70,83)(H,85,86)(H4,56,57,59)/t30-,34+,35+,36+,37+,38+,39+,40+,45+/m1/s1/i6D3. The van der Waals surface area contributed by atoms with E-state index in [0.717, 1.165) is 11.8 Å². The van der Waals surface area contributed by atoms with Gasteiger partial charge in [-0.1, -0.05) is 58.0 Å². The van der Waals surface area contributed by atoms with Gasteiger partial charge in [-0.25, -0.2) is 9.78 Å². The number of H-pyrrole nitrogens is 1. The first-order valence-electron chi connectivity index (χ1n) is 29.3. The zero-order chi connectivity index (χ0) is 66.7. The Morgan fingerprint density at radius 2 is 1.23 bits per heavy atom. The summed E-state index contributed by atoms with van der Waals surface area (Å²) in [4.78, 5) is 184. The van der Waals surface area contributed by atoms with Crippen molar-refractivity contribution < 1.29 is 76.7 Å². The zero-order valence-electron chi connectivity index (χ0n) is 51.6. The van der Waals surface area contributed by atoms with Crippen LogP contribution in [-0.2, 0) is 75.2 Å². The summed E-state index contributed by atoms with van der Waals surface area (Å²) in [5, 5.41) is 43.7. The van der Waals surface area contributed by atoms with E-state index in [0.29, 0.717) is 11.3 Å². The molecular weight excluding hydrogens is 1130 g/mol. The fourth-order valence-electron chi connectivity index (χ4n) is 8.88. The van der Waals surface area contributed by atoms with Crippen molar-refractivity contribution in [3.8, 4) is 0 Å². The van der Waals surface area contributed by atoms with E-state index in [-0.39, 0.29) is 82.3 Å². The molecule has 0 radical (unpaired) electrons. The van der Waals surface area contributed by atoms with Crippen LogP contribution in [0.5, 0.6) is 0 Å². The zero-order valence-corrected chi connectivity index (χ0v) is 48.6. The summed E-state index contributed by atoms with van der Waals surface area (Å²) in [5.74, 6) is -13.7. The van der Waals surface area contributed by atoms with Gasteiger partial charge in [-0.2, -0.15) is 0 Å². The Balaban J connectivity index is 1.75. The third-order valence-corrected chi connectivity index (χ3v) is 13.0. The number of aliphatic hydroxyl groups is 1. The predicted octanol–water partition coefficient (Wildman–Crippen LogP) is -5.57. The summed E-state index contributed by atoms with van der Waals surface area (Å²) in [6, 6.07) is -3.09. The number of carboxylic acids is 1. The highest BCUT2D eigenvalue weighted by Gasteiger charge is 2.38. The highest BCUT2D eigenvalue weighted by Crippen LogP contribution is 2.18. The van der Waals surface area contributed by atoms with Crippen molar-refractivity contribution >= 4 is 82.8 Å². The molecular formula is C54H83N17O15. The minimum Gasteiger partial charge on any atom is -0.480 e. The van der Waals surface area contributed by atoms with Gasteiger partial charge in [0.25, 0.3) is 0 Å². The van der Waals surface area contributed by atoms with Gasteiger partial charge >= 0.3 is 5.97 Å². The number of imidazole rings is 1. The molecule has 1 aromatic carbocycles. The quantitative estimate of drug-likeness (QED) is 0.0172. The van der Waals surface area contributed by atoms with Gasteiger partial charge in [0, 0.05) is 48.8 Å². The molecule has 2 heterocycles. The molecule has 474 valence electrons. The first-order chi connectivity index (χ1) is 41.7. The molecule has 2 aromatic rings. The molecule has 0 spiro atoms. The van der Waals surface area contributed by atoms with Crippen LogP contribution < -0.4 is 70.4 Å². The molecule has 86 heavy (non-hydrogen) atoms. The summed E-state index contributed by atoms with van der Waals surface area (Å²) < 4.78 is 21.7. The fourth-order valence-corrected chi connectivity index (χ4v) is 8.88. The summed E-state index contributed by atoms with van der Waals surface area (Å²) >= 11 is 0. The summed E-state index contributed by atoms with van der Waals surface area (Å²) in [6.45, 7) is 2.81. The molecule has 1 saturated heterocycles. The van der Waals surface area contributed by atoms with Gasteiger partial charge in [0.15, 0.2) is 5.96 Å². The van der Waals surface area contributed by atoms with E-state index in [1.807, 2.05) is 5.32 Å². The van der Waals surface area contributed by atoms with Gasteiger partial charge in [-0.15, -0.1) is 0 Å². The van der Waals surface area contributed by atoms with E-state index in [1.165, 1.54) is 12.5 Å². The molecule has 1 aliphatic heterocycles. The number of hydrogen-bond donors (Lipinski definition) is 16. The Labute approximate surface area is 500 Å². The number of amides is 12. The molecule has 0 saturated carbocycles. The number of nitrogens with two attached hydrogens (primary N) is 3. The summed E-state index contributed by atoms with van der Waals surface area (Å²) in [7, 11) is 0. The molecule has 12 amide bonds. The lowest BCUT2D eigenvalue weighted by Gasteiger charge is -2.28. The molecule has 9 atom stereocenters. The normalized spacial score (nSPS) is 16.2. The number of guanidine groups is 1. The molecule has 32 heteroatoms. The van der Waals surface area contributed by atoms with Crippen LogP contribution in [0.25, 0.3) is 0 Å². The monoisotopic (exact) mass is 1210 g/mol. The lowest BCUT2D eigenvalue weighted by molar-refractivity contribution is -0.142. The predicted molar refractivity (Wildman–Crippen MR) is 307 cm³/mol. The number of carboxylic acid groups (broad SMARTS) is 1. The second-order valence-electron chi connectivity index (χ2n) is 21.3. The largest absolute Gasteiger partial charge is 0.480 e. The number of carbonyl (C=O) groups is 13. The Morgan fingerprint density at radius 3 is 1.76 bits per heavy atom. The second-order valence-corrected chi connectivity index (χ2v) is 21.3. The van der Waals surface area contributed by atoms with E-state index in [2.05, 4.69) is 62.8 Å². The molecule has 0 unspecified atom stereocenters. The number of hydrogen-bond acceptors (Lipinski definition) is 16. The smallest absolute Gasteiger partial charge is 0.326 e. The van der Waals surface area contributed by atoms with E-state index in [9.17, 15) is 72.5 Å². The average Bonchev–Trinajstić information content (AvgIpc) is 4.34. The lowest BCUT2D eigenvalue weighted by atomic mass is 10.0. The molecule has 1 aromatic heterocycles. The number of likely N-dealkylation sites (tertiary alicyclic amines) is 1. The van der Waals surface area contributed by atoms with Crippen LogP contribution in [0, 0.1) is 11.8 Å². The molecule has 3 rings (SSSR count). The third-order valence-electron chi connectivity index (χ3n) is 13.0. The minimum atomic E-state index is -3.15. The van der Waals surface area contributed by atoms with Gasteiger partial charge in [0.2, 0.25) is 70.9 Å². The number of aliphatic imine (C=N–C) groups is 1. The first kappa shape index (κ1) is 65.9. The number of nitrogens with zero attached hydrogens (tertiary/aromatic N) is 3. The van der Waals surface area contributed by atoms with E-state index >= 15 is 0 Å². The maximum Gasteiger partial charge on any atom is 0.326 e. The van der Waals surface area contributed by atoms with Crippen LogP contribution in [0.15, 0.2) is 47.8 Å². The topological polar surface area (TPSA) is 505 Å². The van der Waals surface area contributed by atoms with Crippen LogP contribution in [0.1, 0.15) is 102 Å². The average molecular weight is 1210 g/mol. The van der Waals surface area contributed by atoms with Crippen molar-refractivity contribution in [2.45, 2.75) is 154 Å². The van der Waals surface area contributed by atoms with Crippen molar-refractivity contribution in [1.29, 1.82) is 0 Å².